The van der Waals surface area contributed by atoms with Crippen molar-refractivity contribution < 1.29 is 28.6 Å². The molecule has 6 heteroatoms. The van der Waals surface area contributed by atoms with Gasteiger partial charge in [0.15, 0.2) is 11.5 Å². The minimum absolute atomic E-state index is 0.151. The highest BCUT2D eigenvalue weighted by atomic mass is 16.6. The number of hydrogen-bond donors (Lipinski definition) is 0. The van der Waals surface area contributed by atoms with Gasteiger partial charge in [-0.05, 0) is 58.5 Å². The fourth-order valence-corrected chi connectivity index (χ4v) is 3.70. The van der Waals surface area contributed by atoms with Crippen molar-refractivity contribution in [3.05, 3.63) is 89.5 Å². The number of ether oxygens (including phenoxy) is 3. The van der Waals surface area contributed by atoms with E-state index in [4.69, 9.17) is 14.2 Å². The summed E-state index contributed by atoms with van der Waals surface area (Å²) in [4.78, 5) is 34.7. The van der Waals surface area contributed by atoms with E-state index in [0.717, 1.165) is 27.8 Å². The summed E-state index contributed by atoms with van der Waals surface area (Å²) in [6.07, 6.45) is 0.669. The van der Waals surface area contributed by atoms with Gasteiger partial charge < -0.3 is 14.2 Å². The van der Waals surface area contributed by atoms with Crippen molar-refractivity contribution in [2.75, 3.05) is 0 Å². The SMILES string of the molecule is CC/C(=C(/c1ccccc1)c1ccc(OC(C)=O)c(OC(C)=O)c1)c1cccc(OC(C)=O)c1. The minimum atomic E-state index is -0.527. The average molecular weight is 459 g/mol. The van der Waals surface area contributed by atoms with Crippen LogP contribution >= 0.6 is 0 Å². The van der Waals surface area contributed by atoms with Gasteiger partial charge in [-0.2, -0.15) is 0 Å². The quantitative estimate of drug-likeness (QED) is 0.252. The van der Waals surface area contributed by atoms with E-state index in [1.807, 2.05) is 61.5 Å². The van der Waals surface area contributed by atoms with Crippen LogP contribution in [0.4, 0.5) is 0 Å². The molecule has 0 radical (unpaired) electrons. The zero-order valence-electron chi connectivity index (χ0n) is 19.6. The maximum atomic E-state index is 11.7. The maximum absolute atomic E-state index is 11.7. The Morgan fingerprint density at radius 2 is 1.24 bits per heavy atom. The number of allylic oxidation sites excluding steroid dienone is 1. The van der Waals surface area contributed by atoms with E-state index in [1.54, 1.807) is 18.2 Å². The second-order valence-corrected chi connectivity index (χ2v) is 7.54. The summed E-state index contributed by atoms with van der Waals surface area (Å²) in [6, 6.07) is 22.3. The molecule has 0 aliphatic heterocycles. The van der Waals surface area contributed by atoms with Crippen LogP contribution in [-0.4, -0.2) is 17.9 Å². The van der Waals surface area contributed by atoms with E-state index in [0.29, 0.717) is 12.2 Å². The number of rotatable bonds is 7. The van der Waals surface area contributed by atoms with E-state index < -0.39 is 17.9 Å². The number of hydrogen-bond acceptors (Lipinski definition) is 6. The molecule has 0 atom stereocenters. The highest BCUT2D eigenvalue weighted by molar-refractivity contribution is 5.99. The van der Waals surface area contributed by atoms with Gasteiger partial charge in [-0.25, -0.2) is 0 Å². The van der Waals surface area contributed by atoms with Crippen molar-refractivity contribution in [2.45, 2.75) is 34.1 Å². The Hall–Kier alpha value is -4.19. The average Bonchev–Trinajstić information content (AvgIpc) is 2.78. The van der Waals surface area contributed by atoms with E-state index in [-0.39, 0.29) is 11.5 Å². The van der Waals surface area contributed by atoms with Crippen LogP contribution in [0.3, 0.4) is 0 Å². The second kappa shape index (κ2) is 11.1. The summed E-state index contributed by atoms with van der Waals surface area (Å²) in [5.74, 6) is -0.674. The number of carbonyl (C=O) groups is 3. The van der Waals surface area contributed by atoms with Gasteiger partial charge in [0.2, 0.25) is 0 Å². The molecule has 0 heterocycles. The van der Waals surface area contributed by atoms with Gasteiger partial charge in [0, 0.05) is 20.8 Å². The molecule has 0 aliphatic rings. The number of esters is 3. The van der Waals surface area contributed by atoms with E-state index >= 15 is 0 Å². The Morgan fingerprint density at radius 1 is 0.618 bits per heavy atom. The third-order valence-electron chi connectivity index (χ3n) is 4.90. The lowest BCUT2D eigenvalue weighted by atomic mass is 9.88. The molecule has 174 valence electrons. The van der Waals surface area contributed by atoms with Gasteiger partial charge in [-0.15, -0.1) is 0 Å². The summed E-state index contributed by atoms with van der Waals surface area (Å²) in [7, 11) is 0. The molecule has 0 saturated heterocycles. The standard InChI is InChI=1S/C28H26O6/c1-5-25(22-12-9-13-24(16-22)32-18(2)29)28(21-10-7-6-8-11-21)23-14-15-26(33-19(3)30)27(17-23)34-20(4)31/h6-17H,5H2,1-4H3/b28-25+. The van der Waals surface area contributed by atoms with Gasteiger partial charge in [0.25, 0.3) is 0 Å². The number of carbonyl (C=O) groups excluding carboxylic acids is 3. The van der Waals surface area contributed by atoms with E-state index in [2.05, 4.69) is 0 Å². The molecule has 0 unspecified atom stereocenters. The van der Waals surface area contributed by atoms with Gasteiger partial charge in [-0.3, -0.25) is 14.4 Å². The molecule has 3 rings (SSSR count). The fraction of sp³-hybridized carbons (Fsp3) is 0.179. The smallest absolute Gasteiger partial charge is 0.308 e. The first kappa shape index (κ1) is 24.5. The lowest BCUT2D eigenvalue weighted by Gasteiger charge is -2.18. The molecule has 0 saturated carbocycles. The zero-order valence-corrected chi connectivity index (χ0v) is 19.6. The van der Waals surface area contributed by atoms with Crippen LogP contribution in [0.15, 0.2) is 72.8 Å². The van der Waals surface area contributed by atoms with Gasteiger partial charge in [-0.1, -0.05) is 55.5 Å². The summed E-state index contributed by atoms with van der Waals surface area (Å²) in [6.45, 7) is 5.97. The summed E-state index contributed by atoms with van der Waals surface area (Å²) >= 11 is 0. The third kappa shape index (κ3) is 6.19. The molecule has 3 aromatic rings. The lowest BCUT2D eigenvalue weighted by Crippen LogP contribution is -2.07. The molecule has 0 fully saturated rings. The molecular weight excluding hydrogens is 432 g/mol. The molecule has 0 aliphatic carbocycles. The highest BCUT2D eigenvalue weighted by Crippen LogP contribution is 2.39. The summed E-state index contributed by atoms with van der Waals surface area (Å²) in [5, 5.41) is 0. The Labute approximate surface area is 198 Å². The Kier molecular flexibility index (Phi) is 7.98. The highest BCUT2D eigenvalue weighted by Gasteiger charge is 2.18. The first-order chi connectivity index (χ1) is 16.3. The van der Waals surface area contributed by atoms with Crippen LogP contribution in [0, 0.1) is 0 Å². The van der Waals surface area contributed by atoms with Crippen molar-refractivity contribution in [2.24, 2.45) is 0 Å². The van der Waals surface area contributed by atoms with Crippen LogP contribution in [0.25, 0.3) is 11.1 Å². The van der Waals surface area contributed by atoms with Crippen molar-refractivity contribution in [1.82, 2.24) is 0 Å². The predicted octanol–water partition coefficient (Wildman–Crippen LogP) is 5.83. The van der Waals surface area contributed by atoms with Crippen LogP contribution < -0.4 is 14.2 Å². The van der Waals surface area contributed by atoms with Crippen molar-refractivity contribution in [3.63, 3.8) is 0 Å². The van der Waals surface area contributed by atoms with Crippen LogP contribution in [-0.2, 0) is 14.4 Å². The van der Waals surface area contributed by atoms with Crippen LogP contribution in [0.2, 0.25) is 0 Å². The van der Waals surface area contributed by atoms with Crippen molar-refractivity contribution in [1.29, 1.82) is 0 Å². The summed E-state index contributed by atoms with van der Waals surface area (Å²) < 4.78 is 15.9. The molecule has 0 spiro atoms. The molecule has 3 aromatic carbocycles. The summed E-state index contributed by atoms with van der Waals surface area (Å²) in [5.41, 5.74) is 4.51. The first-order valence-electron chi connectivity index (χ1n) is 10.9. The largest absolute Gasteiger partial charge is 0.427 e. The lowest BCUT2D eigenvalue weighted by molar-refractivity contribution is -0.134. The van der Waals surface area contributed by atoms with Crippen molar-refractivity contribution >= 4 is 29.1 Å². The van der Waals surface area contributed by atoms with Gasteiger partial charge >= 0.3 is 17.9 Å². The Morgan fingerprint density at radius 3 is 1.85 bits per heavy atom. The molecule has 6 nitrogen and oxygen atoms in total. The number of benzene rings is 3. The molecule has 0 amide bonds. The Balaban J connectivity index is 2.26. The fourth-order valence-electron chi connectivity index (χ4n) is 3.70. The second-order valence-electron chi connectivity index (χ2n) is 7.54. The molecular formula is C28H26O6. The van der Waals surface area contributed by atoms with Gasteiger partial charge in [0.1, 0.15) is 5.75 Å². The third-order valence-corrected chi connectivity index (χ3v) is 4.90. The topological polar surface area (TPSA) is 78.9 Å². The normalized spacial score (nSPS) is 11.3. The molecule has 34 heavy (non-hydrogen) atoms. The predicted molar refractivity (Wildman–Crippen MR) is 129 cm³/mol. The molecule has 0 aromatic heterocycles. The van der Waals surface area contributed by atoms with E-state index in [9.17, 15) is 14.4 Å². The monoisotopic (exact) mass is 458 g/mol. The first-order valence-corrected chi connectivity index (χ1v) is 10.9. The van der Waals surface area contributed by atoms with E-state index in [1.165, 1.54) is 20.8 Å². The van der Waals surface area contributed by atoms with Crippen LogP contribution in [0.5, 0.6) is 17.2 Å². The minimum Gasteiger partial charge on any atom is -0.427 e. The molecule has 0 N–H and O–H groups in total. The molecule has 0 bridgehead atoms. The van der Waals surface area contributed by atoms with Gasteiger partial charge in [0.05, 0.1) is 0 Å². The zero-order chi connectivity index (χ0) is 24.7. The van der Waals surface area contributed by atoms with Crippen LogP contribution in [0.1, 0.15) is 50.8 Å². The van der Waals surface area contributed by atoms with Crippen molar-refractivity contribution in [3.8, 4) is 17.2 Å². The maximum Gasteiger partial charge on any atom is 0.308 e. The Bertz CT molecular complexity index is 1240.